The van der Waals surface area contributed by atoms with Crippen molar-refractivity contribution in [2.75, 3.05) is 0 Å². The second-order valence-electron chi connectivity index (χ2n) is 26.3. The van der Waals surface area contributed by atoms with Gasteiger partial charge in [0.15, 0.2) is 0 Å². The Bertz CT molecular complexity index is 6440. The fourth-order valence-electron chi connectivity index (χ4n) is 11.2. The molecule has 0 bridgehead atoms. The Labute approximate surface area is 805 Å². The third kappa shape index (κ3) is 32.1. The summed E-state index contributed by atoms with van der Waals surface area (Å²) < 4.78 is 187. The molecule has 0 aromatic heterocycles. The van der Waals surface area contributed by atoms with Crippen LogP contribution in [0.4, 0.5) is 0 Å². The van der Waals surface area contributed by atoms with Crippen LogP contribution in [0.3, 0.4) is 0 Å². The molecule has 0 amide bonds. The second kappa shape index (κ2) is 54.1. The van der Waals surface area contributed by atoms with Gasteiger partial charge in [-0.1, -0.05) is 462 Å². The molecule has 0 radical (unpaired) electrons. The van der Waals surface area contributed by atoms with Gasteiger partial charge in [-0.2, -0.15) is 66.1 Å². The number of hydrogen-bond acceptors (Lipinski definition) is 2. The standard InChI is InChI=1S/C18H15P.C16H19BO2.C16H11Br.4C12H10.C6H4BrI.C6H5.3H3P.Pd/c1-4-10-16(11-5-1)19(17-12-6-2-7-13-17)18-14-8-3-9-15-18;1-15(2)16(3,4)19-17(18-15)14-11-7-9-12-8-5-6-10-13(12)14;17-14-10-8-13(9-11-14)16-7-3-5-12-4-1-2-6-15(12)16;4*1-3-7-11(8-4-1)12-9-5-2-6-10-12;7-5-1-3-6(8)4-2-5;1-2-4-6-5-3-1;;;;/h1-15H;5-11H,1-4H3;1-11H;4*1-10H;1-4H;1-5H;3*1H3;/q;;;;;;;;-1;;;;/i;5D,6D,7D,8D,9D,10D,11D;1D,2D,3D,4D,5D,6D,7D,8D,9D,10D,11D;;;;;1D,2D,3D,4D;;;;;. The Morgan fingerprint density at radius 1 is 0.289 bits per heavy atom. The quantitative estimate of drug-likeness (QED) is 0.0621. The minimum absolute atomic E-state index is 0. The summed E-state index contributed by atoms with van der Waals surface area (Å²) in [6.07, 6.45) is 0. The molecule has 19 rings (SSSR count). The van der Waals surface area contributed by atoms with Crippen LogP contribution >= 0.6 is 92.1 Å². The Morgan fingerprint density at radius 3 is 0.826 bits per heavy atom. The van der Waals surface area contributed by atoms with E-state index in [0.717, 1.165) is 0 Å². The Morgan fingerprint density at radius 2 is 0.537 bits per heavy atom. The molecule has 121 heavy (non-hydrogen) atoms. The topological polar surface area (TPSA) is 18.5 Å². The third-order valence-electron chi connectivity index (χ3n) is 17.7. The maximum Gasteiger partial charge on any atom is 0.495 e. The van der Waals surface area contributed by atoms with E-state index in [-0.39, 0.29) is 133 Å². The molecule has 1 heterocycles. The maximum atomic E-state index is 8.31. The van der Waals surface area contributed by atoms with Crippen LogP contribution in [0, 0.1) is 9.64 Å². The Balaban J connectivity index is 0.000000224. The molecular formula is C110H103BBr2IO2P4Pd-. The SMILES string of the molecule is P.P.P.[2H]c1c([2H])c(-c2c([2H])c([2H])c([2H])c3c([2H])c([2H])c([2H])c([2H])c23)c([2H])c([2H])c1Br.[2H]c1c([2H])c(I)c([2H])c([2H])c1Br.[2H]c1c([2H])c([2H])c2c(B3OC(C)(C)C(C)(C)O3)c([2H])c([2H])c([2H])c2c1[2H].[Pd].[c-]1ccccc1.c1ccc(-c2ccccc2)cc1.c1ccc(-c2ccccc2)cc1.c1ccc(-c2ccccc2)cc1.c1ccc(-c2ccccc2)cc1.c1ccc(P(c2ccccc2)c2ccccc2)cc1. The summed E-state index contributed by atoms with van der Waals surface area (Å²) in [7, 11) is -1.52. The van der Waals surface area contributed by atoms with E-state index < -0.39 is 123 Å². The summed E-state index contributed by atoms with van der Waals surface area (Å²) in [6.45, 7) is 7.31. The molecule has 1 fully saturated rings. The van der Waals surface area contributed by atoms with Gasteiger partial charge in [0, 0.05) is 32.9 Å². The minimum Gasteiger partial charge on any atom is -0.399 e. The van der Waals surface area contributed by atoms with Crippen molar-refractivity contribution in [1.82, 2.24) is 0 Å². The fourth-order valence-corrected chi connectivity index (χ4v) is 14.2. The average molecular weight is 2010 g/mol. The van der Waals surface area contributed by atoms with Crippen LogP contribution in [0.5, 0.6) is 0 Å². The van der Waals surface area contributed by atoms with E-state index in [1.54, 1.807) is 22.6 Å². The Kier molecular flexibility index (Phi) is 31.3. The van der Waals surface area contributed by atoms with Gasteiger partial charge in [0.2, 0.25) is 0 Å². The normalized spacial score (nSPS) is 13.8. The zero-order valence-electron chi connectivity index (χ0n) is 89.1. The predicted molar refractivity (Wildman–Crippen MR) is 555 cm³/mol. The molecule has 1 aliphatic heterocycles. The van der Waals surface area contributed by atoms with Crippen LogP contribution in [0.15, 0.2) is 506 Å². The zero-order valence-corrected chi connectivity index (χ0v) is 79.1. The van der Waals surface area contributed by atoms with Gasteiger partial charge in [-0.25, -0.2) is 0 Å². The summed E-state index contributed by atoms with van der Waals surface area (Å²) >= 11 is 7.78. The summed E-state index contributed by atoms with van der Waals surface area (Å²) in [4.78, 5) is 0. The summed E-state index contributed by atoms with van der Waals surface area (Å²) in [5, 5.41) is 3.52. The van der Waals surface area contributed by atoms with Crippen molar-refractivity contribution in [3.05, 3.63) is 515 Å². The smallest absolute Gasteiger partial charge is 0.399 e. The molecule has 2 nitrogen and oxygen atoms in total. The number of rotatable bonds is 9. The van der Waals surface area contributed by atoms with Crippen LogP contribution in [-0.4, -0.2) is 18.3 Å². The first-order valence-corrected chi connectivity index (χ1v) is 41.3. The van der Waals surface area contributed by atoms with E-state index in [4.69, 9.17) is 39.5 Å². The van der Waals surface area contributed by atoms with Crippen LogP contribution in [0.1, 0.15) is 57.9 Å². The minimum atomic E-state index is -1.07. The molecule has 1 saturated heterocycles. The van der Waals surface area contributed by atoms with Crippen LogP contribution < -0.4 is 21.4 Å². The van der Waals surface area contributed by atoms with Crippen molar-refractivity contribution < 1.29 is 59.9 Å². The predicted octanol–water partition coefficient (Wildman–Crippen LogP) is 30.0. The summed E-state index contributed by atoms with van der Waals surface area (Å²) in [5.74, 6) is 0. The third-order valence-corrected chi connectivity index (χ3v) is 21.5. The van der Waals surface area contributed by atoms with Gasteiger partial charge >= 0.3 is 7.12 Å². The summed E-state index contributed by atoms with van der Waals surface area (Å²) in [5.41, 5.74) is 8.15. The largest absolute Gasteiger partial charge is 0.495 e. The molecule has 3 atom stereocenters. The van der Waals surface area contributed by atoms with Crippen molar-refractivity contribution in [1.29, 1.82) is 0 Å². The van der Waals surface area contributed by atoms with Crippen LogP contribution in [0.2, 0.25) is 0 Å². The fraction of sp³-hybridized carbons (Fsp3) is 0.0545. The van der Waals surface area contributed by atoms with E-state index in [2.05, 4.69) is 323 Å². The molecule has 11 heteroatoms. The average Bonchev–Trinajstić information content (AvgIpc) is 1.69. The first kappa shape index (κ1) is 70.0. The number of fused-ring (bicyclic) bond motifs is 2. The molecule has 3 unspecified atom stereocenters. The van der Waals surface area contributed by atoms with Crippen molar-refractivity contribution in [2.24, 2.45) is 0 Å². The molecule has 610 valence electrons. The van der Waals surface area contributed by atoms with Crippen molar-refractivity contribution >= 4 is 142 Å². The second-order valence-corrected chi connectivity index (χ2v) is 31.2. The van der Waals surface area contributed by atoms with Crippen molar-refractivity contribution in [3.63, 3.8) is 0 Å². The van der Waals surface area contributed by atoms with Gasteiger partial charge in [0.25, 0.3) is 0 Å². The van der Waals surface area contributed by atoms with E-state index in [0.29, 0.717) is 3.57 Å². The van der Waals surface area contributed by atoms with Crippen molar-refractivity contribution in [2.45, 2.75) is 38.9 Å². The molecular weight excluding hydrogens is 1880 g/mol. The van der Waals surface area contributed by atoms with Crippen LogP contribution in [0.25, 0.3) is 77.2 Å². The first-order valence-electron chi connectivity index (χ1n) is 48.3. The zero-order chi connectivity index (χ0) is 101. The monoisotopic (exact) mass is 2000 g/mol. The van der Waals surface area contributed by atoms with Gasteiger partial charge in [0.05, 0.1) is 41.4 Å². The molecule has 1 aliphatic rings. The molecule has 0 spiro atoms. The van der Waals surface area contributed by atoms with Gasteiger partial charge in [-0.05, 0) is 193 Å². The molecule has 0 saturated carbocycles. The van der Waals surface area contributed by atoms with E-state index in [1.807, 2.05) is 107 Å². The number of halogens is 3. The van der Waals surface area contributed by atoms with E-state index >= 15 is 0 Å². The summed E-state index contributed by atoms with van der Waals surface area (Å²) in [6, 6.07) is 119. The maximum absolute atomic E-state index is 8.31. The van der Waals surface area contributed by atoms with Gasteiger partial charge < -0.3 is 9.31 Å². The van der Waals surface area contributed by atoms with Gasteiger partial charge in [-0.3, -0.25) is 0 Å². The molecule has 18 aromatic rings. The Hall–Kier alpha value is -9.46. The molecule has 0 aliphatic carbocycles. The van der Waals surface area contributed by atoms with Crippen LogP contribution in [-0.2, 0) is 29.7 Å². The van der Waals surface area contributed by atoms with Crippen molar-refractivity contribution in [3.8, 4) is 55.6 Å². The van der Waals surface area contributed by atoms with E-state index in [9.17, 15) is 0 Å². The van der Waals surface area contributed by atoms with Gasteiger partial charge in [-0.15, -0.1) is 0 Å². The van der Waals surface area contributed by atoms with Gasteiger partial charge in [0.1, 0.15) is 0 Å². The van der Waals surface area contributed by atoms with E-state index in [1.165, 1.54) is 60.4 Å². The first-order chi connectivity index (χ1) is 66.5. The molecule has 0 N–H and O–H groups in total. The molecule has 18 aromatic carbocycles. The number of hydrogen-bond donors (Lipinski definition) is 0. The number of benzene rings is 18.